The number of phenols is 1. The number of aromatic hydroxyl groups is 1. The Morgan fingerprint density at radius 3 is 2.89 bits per heavy atom. The van der Waals surface area contributed by atoms with E-state index in [1.54, 1.807) is 6.07 Å². The lowest BCUT2D eigenvalue weighted by molar-refractivity contribution is 0.214. The van der Waals surface area contributed by atoms with Crippen LogP contribution in [0.25, 0.3) is 0 Å². The second-order valence-electron chi connectivity index (χ2n) is 4.56. The molecule has 4 heteroatoms. The zero-order valence-corrected chi connectivity index (χ0v) is 10.3. The first-order chi connectivity index (χ1) is 9.22. The van der Waals surface area contributed by atoms with E-state index in [9.17, 15) is 4.39 Å². The van der Waals surface area contributed by atoms with Crippen molar-refractivity contribution in [2.24, 2.45) is 0 Å². The Morgan fingerprint density at radius 1 is 1.21 bits per heavy atom. The third kappa shape index (κ3) is 2.47. The van der Waals surface area contributed by atoms with Crippen molar-refractivity contribution in [3.05, 3.63) is 53.8 Å². The van der Waals surface area contributed by atoms with Gasteiger partial charge in [0.05, 0.1) is 0 Å². The van der Waals surface area contributed by atoms with E-state index in [0.29, 0.717) is 5.75 Å². The third-order valence-corrected chi connectivity index (χ3v) is 3.21. The molecule has 0 aliphatic carbocycles. The lowest BCUT2D eigenvalue weighted by Crippen LogP contribution is -2.30. The number of hydrogen-bond acceptors (Lipinski definition) is 3. The van der Waals surface area contributed by atoms with Gasteiger partial charge in [0.1, 0.15) is 5.75 Å². The second-order valence-corrected chi connectivity index (χ2v) is 4.56. The van der Waals surface area contributed by atoms with Crippen LogP contribution in [0, 0.1) is 5.82 Å². The first-order valence-electron chi connectivity index (χ1n) is 6.22. The molecule has 0 spiro atoms. The van der Waals surface area contributed by atoms with Crippen LogP contribution in [-0.2, 0) is 6.42 Å². The zero-order valence-electron chi connectivity index (χ0n) is 10.3. The van der Waals surface area contributed by atoms with Gasteiger partial charge >= 0.3 is 0 Å². The minimum atomic E-state index is -0.672. The summed E-state index contributed by atoms with van der Waals surface area (Å²) in [6.07, 6.45) is 1.56. The Hall–Kier alpha value is -2.23. The molecule has 0 saturated heterocycles. The maximum atomic E-state index is 13.2. The molecule has 0 radical (unpaired) electrons. The summed E-state index contributed by atoms with van der Waals surface area (Å²) in [4.78, 5) is 0. The Balaban J connectivity index is 1.73. The van der Waals surface area contributed by atoms with Crippen molar-refractivity contribution in [3.8, 4) is 11.5 Å². The molecule has 2 aromatic carbocycles. The number of nitrogens with one attached hydrogen (secondary N) is 1. The summed E-state index contributed by atoms with van der Waals surface area (Å²) in [5, 5.41) is 12.4. The number of rotatable bonds is 2. The standard InChI is InChI=1S/C15H14FNO2/c16-12-9-11(6-7-14(12)18)19-15-8-5-10-3-1-2-4-13(10)17-15/h1-4,6-7,9,15,17-18H,5,8H2. The fourth-order valence-electron chi connectivity index (χ4n) is 2.22. The van der Waals surface area contributed by atoms with Crippen LogP contribution >= 0.6 is 0 Å². The molecule has 2 N–H and O–H groups in total. The molecule has 1 aliphatic heterocycles. The number of para-hydroxylation sites is 1. The van der Waals surface area contributed by atoms with Crippen molar-refractivity contribution in [1.29, 1.82) is 0 Å². The van der Waals surface area contributed by atoms with E-state index in [-0.39, 0.29) is 12.0 Å². The second kappa shape index (κ2) is 4.80. The summed E-state index contributed by atoms with van der Waals surface area (Å²) >= 11 is 0. The maximum Gasteiger partial charge on any atom is 0.170 e. The summed E-state index contributed by atoms with van der Waals surface area (Å²) in [7, 11) is 0. The topological polar surface area (TPSA) is 41.5 Å². The number of fused-ring (bicyclic) bond motifs is 1. The third-order valence-electron chi connectivity index (χ3n) is 3.21. The zero-order chi connectivity index (χ0) is 13.2. The average Bonchev–Trinajstić information content (AvgIpc) is 2.43. The van der Waals surface area contributed by atoms with Gasteiger partial charge in [-0.3, -0.25) is 0 Å². The van der Waals surface area contributed by atoms with Gasteiger partial charge in [-0.05, 0) is 30.2 Å². The minimum Gasteiger partial charge on any atom is -0.505 e. The Morgan fingerprint density at radius 2 is 2.05 bits per heavy atom. The smallest absolute Gasteiger partial charge is 0.170 e. The monoisotopic (exact) mass is 259 g/mol. The lowest BCUT2D eigenvalue weighted by Gasteiger charge is -2.27. The predicted molar refractivity (Wildman–Crippen MR) is 70.9 cm³/mol. The van der Waals surface area contributed by atoms with Crippen LogP contribution in [0.2, 0.25) is 0 Å². The minimum absolute atomic E-state index is 0.182. The number of hydrogen-bond donors (Lipinski definition) is 2. The molecule has 0 aromatic heterocycles. The van der Waals surface area contributed by atoms with Crippen LogP contribution in [0.4, 0.5) is 10.1 Å². The Labute approximate surface area is 110 Å². The molecule has 0 fully saturated rings. The average molecular weight is 259 g/mol. The van der Waals surface area contributed by atoms with Crippen LogP contribution in [0.15, 0.2) is 42.5 Å². The summed E-state index contributed by atoms with van der Waals surface area (Å²) < 4.78 is 18.9. The molecule has 1 aliphatic rings. The molecule has 3 nitrogen and oxygen atoms in total. The first kappa shape index (κ1) is 11.8. The first-order valence-corrected chi connectivity index (χ1v) is 6.22. The van der Waals surface area contributed by atoms with E-state index in [1.807, 2.05) is 18.2 Å². The Bertz CT molecular complexity index is 600. The number of halogens is 1. The molecular weight excluding hydrogens is 245 g/mol. The van der Waals surface area contributed by atoms with E-state index < -0.39 is 5.82 Å². The predicted octanol–water partition coefficient (Wildman–Crippen LogP) is 3.29. The molecule has 0 bridgehead atoms. The number of ether oxygens (including phenoxy) is 1. The van der Waals surface area contributed by atoms with Gasteiger partial charge in [0.2, 0.25) is 0 Å². The molecular formula is C15H14FNO2. The van der Waals surface area contributed by atoms with Crippen molar-refractivity contribution in [3.63, 3.8) is 0 Å². The summed E-state index contributed by atoms with van der Waals surface area (Å²) in [6, 6.07) is 12.1. The highest BCUT2D eigenvalue weighted by Gasteiger charge is 2.18. The maximum absolute atomic E-state index is 13.2. The van der Waals surface area contributed by atoms with Gasteiger partial charge in [-0.2, -0.15) is 0 Å². The van der Waals surface area contributed by atoms with E-state index in [1.165, 1.54) is 17.7 Å². The van der Waals surface area contributed by atoms with Crippen molar-refractivity contribution in [2.45, 2.75) is 19.1 Å². The molecule has 3 rings (SSSR count). The Kier molecular flexibility index (Phi) is 2.99. The van der Waals surface area contributed by atoms with Gasteiger partial charge in [0.25, 0.3) is 0 Å². The van der Waals surface area contributed by atoms with Crippen LogP contribution in [0.3, 0.4) is 0 Å². The molecule has 1 unspecified atom stereocenters. The number of phenolic OH excluding ortho intramolecular Hbond substituents is 1. The van der Waals surface area contributed by atoms with Crippen molar-refractivity contribution < 1.29 is 14.2 Å². The van der Waals surface area contributed by atoms with E-state index in [0.717, 1.165) is 18.5 Å². The van der Waals surface area contributed by atoms with Gasteiger partial charge in [-0.15, -0.1) is 0 Å². The van der Waals surface area contributed by atoms with E-state index in [4.69, 9.17) is 9.84 Å². The van der Waals surface area contributed by atoms with Crippen LogP contribution in [0.5, 0.6) is 11.5 Å². The van der Waals surface area contributed by atoms with Gasteiger partial charge in [-0.1, -0.05) is 18.2 Å². The number of aryl methyl sites for hydroxylation is 1. The molecule has 0 amide bonds. The normalized spacial score (nSPS) is 17.4. The van der Waals surface area contributed by atoms with Crippen molar-refractivity contribution in [1.82, 2.24) is 0 Å². The largest absolute Gasteiger partial charge is 0.505 e. The van der Waals surface area contributed by atoms with Crippen molar-refractivity contribution >= 4 is 5.69 Å². The molecule has 1 atom stereocenters. The van der Waals surface area contributed by atoms with Crippen LogP contribution in [-0.4, -0.2) is 11.3 Å². The summed E-state index contributed by atoms with van der Waals surface area (Å²) in [5.74, 6) is -0.629. The fraction of sp³-hybridized carbons (Fsp3) is 0.200. The molecule has 19 heavy (non-hydrogen) atoms. The number of anilines is 1. The lowest BCUT2D eigenvalue weighted by atomic mass is 10.0. The highest BCUT2D eigenvalue weighted by Crippen LogP contribution is 2.27. The van der Waals surface area contributed by atoms with Crippen molar-refractivity contribution in [2.75, 3.05) is 5.32 Å². The van der Waals surface area contributed by atoms with Gasteiger partial charge < -0.3 is 15.2 Å². The van der Waals surface area contributed by atoms with E-state index >= 15 is 0 Å². The molecule has 98 valence electrons. The summed E-state index contributed by atoms with van der Waals surface area (Å²) in [5.41, 5.74) is 2.32. The fourth-order valence-corrected chi connectivity index (χ4v) is 2.22. The molecule has 1 heterocycles. The molecule has 0 saturated carbocycles. The number of benzene rings is 2. The SMILES string of the molecule is Oc1ccc(OC2CCc3ccccc3N2)cc1F. The highest BCUT2D eigenvalue weighted by atomic mass is 19.1. The van der Waals surface area contributed by atoms with Gasteiger partial charge in [-0.25, -0.2) is 4.39 Å². The summed E-state index contributed by atoms with van der Waals surface area (Å²) in [6.45, 7) is 0. The van der Waals surface area contributed by atoms with Crippen LogP contribution in [0.1, 0.15) is 12.0 Å². The van der Waals surface area contributed by atoms with E-state index in [2.05, 4.69) is 11.4 Å². The highest BCUT2D eigenvalue weighted by molar-refractivity contribution is 5.53. The van der Waals surface area contributed by atoms with Gasteiger partial charge in [0.15, 0.2) is 17.8 Å². The molecule has 2 aromatic rings. The van der Waals surface area contributed by atoms with Crippen LogP contribution < -0.4 is 10.1 Å². The quantitative estimate of drug-likeness (QED) is 0.869. The van der Waals surface area contributed by atoms with Gasteiger partial charge in [0, 0.05) is 18.2 Å².